The van der Waals surface area contributed by atoms with Crippen molar-refractivity contribution < 1.29 is 19.3 Å². The molecule has 162 valence electrons. The predicted octanol–water partition coefficient (Wildman–Crippen LogP) is 0.533. The van der Waals surface area contributed by atoms with Crippen LogP contribution >= 0.6 is 12.2 Å². The molecule has 30 heavy (non-hydrogen) atoms. The Balaban J connectivity index is 1.74. The number of quaternary nitrogens is 2. The third-order valence-corrected chi connectivity index (χ3v) is 6.08. The minimum Gasteiger partial charge on any atom is -0.497 e. The first kappa shape index (κ1) is 22.3. The molecule has 3 rings (SSSR count). The summed E-state index contributed by atoms with van der Waals surface area (Å²) in [5.74, 6) is 1.47. The first-order valence-electron chi connectivity index (χ1n) is 10.5. The molecule has 2 atom stereocenters. The van der Waals surface area contributed by atoms with Crippen LogP contribution in [0.25, 0.3) is 0 Å². The number of piperazine rings is 1. The second-order valence-corrected chi connectivity index (χ2v) is 8.37. The molecule has 0 saturated carbocycles. The van der Waals surface area contributed by atoms with E-state index >= 15 is 0 Å². The summed E-state index contributed by atoms with van der Waals surface area (Å²) in [7, 11) is 5.57. The molecule has 0 spiro atoms. The Labute approximate surface area is 185 Å². The van der Waals surface area contributed by atoms with Gasteiger partial charge in [0, 0.05) is 11.6 Å². The molecule has 1 aliphatic rings. The molecule has 2 aromatic carbocycles. The van der Waals surface area contributed by atoms with Crippen molar-refractivity contribution >= 4 is 23.0 Å². The SMILES string of the molecule is COc1ccc(OC)c(NC(=S)N[C@H](C)[C@@H](c2ccccc2)[NH+]2CC[NH+](C)CC2)c1. The lowest BCUT2D eigenvalue weighted by Gasteiger charge is -2.37. The lowest BCUT2D eigenvalue weighted by molar-refractivity contribution is -1.02. The van der Waals surface area contributed by atoms with E-state index < -0.39 is 0 Å². The van der Waals surface area contributed by atoms with Gasteiger partial charge in [-0.25, -0.2) is 0 Å². The molecule has 0 amide bonds. The fourth-order valence-electron chi connectivity index (χ4n) is 4.21. The first-order valence-corrected chi connectivity index (χ1v) is 10.9. The van der Waals surface area contributed by atoms with Crippen LogP contribution in [0.3, 0.4) is 0 Å². The summed E-state index contributed by atoms with van der Waals surface area (Å²) in [4.78, 5) is 3.21. The van der Waals surface area contributed by atoms with Crippen LogP contribution in [0.1, 0.15) is 18.5 Å². The van der Waals surface area contributed by atoms with E-state index in [4.69, 9.17) is 21.7 Å². The lowest BCUT2D eigenvalue weighted by atomic mass is 9.98. The number of rotatable bonds is 7. The van der Waals surface area contributed by atoms with Gasteiger partial charge in [0.25, 0.3) is 0 Å². The van der Waals surface area contributed by atoms with Gasteiger partial charge in [0.05, 0.1) is 33.0 Å². The maximum Gasteiger partial charge on any atom is 0.171 e. The lowest BCUT2D eigenvalue weighted by Crippen LogP contribution is -3.27. The minimum atomic E-state index is 0.164. The van der Waals surface area contributed by atoms with Crippen molar-refractivity contribution in [1.29, 1.82) is 0 Å². The van der Waals surface area contributed by atoms with Gasteiger partial charge in [0.1, 0.15) is 43.7 Å². The zero-order chi connectivity index (χ0) is 21.5. The first-order chi connectivity index (χ1) is 14.5. The fraction of sp³-hybridized carbons (Fsp3) is 0.435. The molecule has 4 N–H and O–H groups in total. The van der Waals surface area contributed by atoms with E-state index in [0.29, 0.717) is 11.2 Å². The van der Waals surface area contributed by atoms with Gasteiger partial charge in [-0.15, -0.1) is 0 Å². The summed E-state index contributed by atoms with van der Waals surface area (Å²) in [6.07, 6.45) is 0. The van der Waals surface area contributed by atoms with Crippen LogP contribution in [0.15, 0.2) is 48.5 Å². The zero-order valence-electron chi connectivity index (χ0n) is 18.3. The van der Waals surface area contributed by atoms with Crippen molar-refractivity contribution in [2.75, 3.05) is 52.8 Å². The Morgan fingerprint density at radius 2 is 1.70 bits per heavy atom. The summed E-state index contributed by atoms with van der Waals surface area (Å²) in [6, 6.07) is 16.9. The van der Waals surface area contributed by atoms with Crippen LogP contribution in [-0.4, -0.2) is 58.6 Å². The van der Waals surface area contributed by atoms with Gasteiger partial charge >= 0.3 is 0 Å². The topological polar surface area (TPSA) is 51.4 Å². The maximum atomic E-state index is 5.66. The molecular formula is C23H34N4O2S+2. The second kappa shape index (κ2) is 10.6. The van der Waals surface area contributed by atoms with Crippen molar-refractivity contribution in [3.63, 3.8) is 0 Å². The fourth-order valence-corrected chi connectivity index (χ4v) is 4.50. The van der Waals surface area contributed by atoms with Gasteiger partial charge in [-0.05, 0) is 31.3 Å². The molecule has 6 nitrogen and oxygen atoms in total. The van der Waals surface area contributed by atoms with Crippen LogP contribution < -0.4 is 29.9 Å². The number of nitrogens with one attached hydrogen (secondary N) is 4. The van der Waals surface area contributed by atoms with Crippen molar-refractivity contribution in [2.24, 2.45) is 0 Å². The smallest absolute Gasteiger partial charge is 0.171 e. The van der Waals surface area contributed by atoms with Crippen LogP contribution in [0.5, 0.6) is 11.5 Å². The van der Waals surface area contributed by atoms with E-state index in [1.165, 1.54) is 18.7 Å². The third-order valence-electron chi connectivity index (χ3n) is 5.86. The molecule has 7 heteroatoms. The normalized spacial score (nSPS) is 20.7. The molecule has 0 radical (unpaired) electrons. The monoisotopic (exact) mass is 430 g/mol. The zero-order valence-corrected chi connectivity index (χ0v) is 19.1. The molecule has 1 saturated heterocycles. The predicted molar refractivity (Wildman–Crippen MR) is 125 cm³/mol. The van der Waals surface area contributed by atoms with Crippen LogP contribution in [0.4, 0.5) is 5.69 Å². The van der Waals surface area contributed by atoms with E-state index in [1.807, 2.05) is 18.2 Å². The van der Waals surface area contributed by atoms with Crippen LogP contribution in [0.2, 0.25) is 0 Å². The number of ether oxygens (including phenoxy) is 2. The minimum absolute atomic E-state index is 0.164. The summed E-state index contributed by atoms with van der Waals surface area (Å²) in [5, 5.41) is 7.38. The highest BCUT2D eigenvalue weighted by Gasteiger charge is 2.33. The Morgan fingerprint density at radius 3 is 2.33 bits per heavy atom. The molecule has 1 aliphatic heterocycles. The van der Waals surface area contributed by atoms with Crippen molar-refractivity contribution in [1.82, 2.24) is 5.32 Å². The maximum absolute atomic E-state index is 5.66. The number of thiocarbonyl (C=S) groups is 1. The molecule has 1 heterocycles. The molecule has 0 aliphatic carbocycles. The number of likely N-dealkylation sites (N-methyl/N-ethyl adjacent to an activating group) is 1. The summed E-state index contributed by atoms with van der Waals surface area (Å²) in [6.45, 7) is 6.90. The Morgan fingerprint density at radius 1 is 1.00 bits per heavy atom. The molecule has 0 bridgehead atoms. The summed E-state index contributed by atoms with van der Waals surface area (Å²) < 4.78 is 10.8. The summed E-state index contributed by atoms with van der Waals surface area (Å²) in [5.41, 5.74) is 2.13. The summed E-state index contributed by atoms with van der Waals surface area (Å²) >= 11 is 5.66. The molecule has 1 fully saturated rings. The standard InChI is InChI=1S/C23H32N4O2S/c1-17(24-23(30)25-20-16-19(28-3)10-11-21(20)29-4)22(18-8-6-5-7-9-18)27-14-12-26(2)13-15-27/h5-11,16-17,22H,12-15H2,1-4H3,(H2,24,25,30)/p+2/t17-,22+/m1/s1. The molecule has 0 unspecified atom stereocenters. The number of benzene rings is 2. The van der Waals surface area contributed by atoms with Crippen molar-refractivity contribution in [2.45, 2.75) is 19.0 Å². The van der Waals surface area contributed by atoms with Gasteiger partial charge in [0.2, 0.25) is 0 Å². The number of methoxy groups -OCH3 is 2. The van der Waals surface area contributed by atoms with Gasteiger partial charge < -0.3 is 29.9 Å². The van der Waals surface area contributed by atoms with E-state index in [-0.39, 0.29) is 6.04 Å². The van der Waals surface area contributed by atoms with E-state index in [1.54, 1.807) is 24.0 Å². The van der Waals surface area contributed by atoms with E-state index in [2.05, 4.69) is 54.9 Å². The van der Waals surface area contributed by atoms with Gasteiger partial charge in [-0.3, -0.25) is 0 Å². The van der Waals surface area contributed by atoms with Crippen LogP contribution in [0, 0.1) is 0 Å². The van der Waals surface area contributed by atoms with Gasteiger partial charge in [-0.2, -0.15) is 0 Å². The van der Waals surface area contributed by atoms with Gasteiger partial charge in [0.15, 0.2) is 5.11 Å². The highest BCUT2D eigenvalue weighted by Crippen LogP contribution is 2.28. The van der Waals surface area contributed by atoms with Crippen molar-refractivity contribution in [3.8, 4) is 11.5 Å². The average molecular weight is 431 g/mol. The van der Waals surface area contributed by atoms with E-state index in [0.717, 1.165) is 30.3 Å². The highest BCUT2D eigenvalue weighted by molar-refractivity contribution is 7.80. The quantitative estimate of drug-likeness (QED) is 0.483. The number of hydrogen-bond acceptors (Lipinski definition) is 3. The number of anilines is 1. The van der Waals surface area contributed by atoms with E-state index in [9.17, 15) is 0 Å². The molecule has 0 aromatic heterocycles. The number of hydrogen-bond donors (Lipinski definition) is 4. The molecular weight excluding hydrogens is 396 g/mol. The Bertz CT molecular complexity index is 825. The Hall–Kier alpha value is -2.35. The van der Waals surface area contributed by atoms with Crippen molar-refractivity contribution in [3.05, 3.63) is 54.1 Å². The largest absolute Gasteiger partial charge is 0.497 e. The van der Waals surface area contributed by atoms with Gasteiger partial charge in [-0.1, -0.05) is 30.3 Å². The Kier molecular flexibility index (Phi) is 7.90. The highest BCUT2D eigenvalue weighted by atomic mass is 32.1. The average Bonchev–Trinajstić information content (AvgIpc) is 2.76. The van der Waals surface area contributed by atoms with Crippen LogP contribution in [-0.2, 0) is 0 Å². The second-order valence-electron chi connectivity index (χ2n) is 7.96. The molecule has 2 aromatic rings. The third kappa shape index (κ3) is 5.62.